The Hall–Kier alpha value is -1.00. The molecule has 1 amide bonds. The standard InChI is InChI=1S/C14H20N2OS/c1-10(2)15-7-8-16-14(17)12-9-18-13-6-4-3-5-11(12)13/h3-6,10,12,15H,7-9H2,1-2H3,(H,16,17). The van der Waals surface area contributed by atoms with Gasteiger partial charge < -0.3 is 10.6 Å². The fourth-order valence-corrected chi connectivity index (χ4v) is 3.28. The van der Waals surface area contributed by atoms with Crippen molar-refractivity contribution < 1.29 is 4.79 Å². The third-order valence-electron chi connectivity index (χ3n) is 2.99. The van der Waals surface area contributed by atoms with E-state index in [4.69, 9.17) is 0 Å². The van der Waals surface area contributed by atoms with Gasteiger partial charge in [0.15, 0.2) is 0 Å². The van der Waals surface area contributed by atoms with E-state index in [0.29, 0.717) is 12.6 Å². The van der Waals surface area contributed by atoms with Gasteiger partial charge in [-0.25, -0.2) is 0 Å². The van der Waals surface area contributed by atoms with Crippen LogP contribution in [0.4, 0.5) is 0 Å². The smallest absolute Gasteiger partial charge is 0.228 e. The van der Waals surface area contributed by atoms with Gasteiger partial charge in [-0.1, -0.05) is 32.0 Å². The van der Waals surface area contributed by atoms with Crippen LogP contribution in [0.3, 0.4) is 0 Å². The third kappa shape index (κ3) is 3.27. The zero-order chi connectivity index (χ0) is 13.0. The highest BCUT2D eigenvalue weighted by Crippen LogP contribution is 2.39. The summed E-state index contributed by atoms with van der Waals surface area (Å²) < 4.78 is 0. The number of thioether (sulfide) groups is 1. The Morgan fingerprint density at radius 1 is 1.39 bits per heavy atom. The van der Waals surface area contributed by atoms with Crippen molar-refractivity contribution in [3.05, 3.63) is 29.8 Å². The van der Waals surface area contributed by atoms with E-state index in [0.717, 1.165) is 12.3 Å². The number of rotatable bonds is 5. The zero-order valence-corrected chi connectivity index (χ0v) is 11.7. The van der Waals surface area contributed by atoms with Crippen LogP contribution in [-0.4, -0.2) is 30.8 Å². The molecule has 98 valence electrons. The largest absolute Gasteiger partial charge is 0.354 e. The summed E-state index contributed by atoms with van der Waals surface area (Å²) in [6, 6.07) is 8.65. The fourth-order valence-electron chi connectivity index (χ4n) is 2.05. The predicted octanol–water partition coefficient (Wildman–Crippen LogP) is 1.99. The van der Waals surface area contributed by atoms with Crippen molar-refractivity contribution in [2.24, 2.45) is 0 Å². The molecule has 0 aliphatic carbocycles. The predicted molar refractivity (Wildman–Crippen MR) is 76.1 cm³/mol. The van der Waals surface area contributed by atoms with Crippen molar-refractivity contribution in [1.82, 2.24) is 10.6 Å². The van der Waals surface area contributed by atoms with Crippen LogP contribution >= 0.6 is 11.8 Å². The molecule has 1 unspecified atom stereocenters. The summed E-state index contributed by atoms with van der Waals surface area (Å²) in [7, 11) is 0. The molecular weight excluding hydrogens is 244 g/mol. The van der Waals surface area contributed by atoms with Crippen molar-refractivity contribution in [3.8, 4) is 0 Å². The lowest BCUT2D eigenvalue weighted by Crippen LogP contribution is -2.37. The third-order valence-corrected chi connectivity index (χ3v) is 4.18. The number of benzene rings is 1. The van der Waals surface area contributed by atoms with Crippen molar-refractivity contribution in [1.29, 1.82) is 0 Å². The lowest BCUT2D eigenvalue weighted by Gasteiger charge is -2.13. The molecule has 0 saturated carbocycles. The maximum Gasteiger partial charge on any atom is 0.228 e. The van der Waals surface area contributed by atoms with Crippen LogP contribution in [0, 0.1) is 0 Å². The minimum atomic E-state index is 0.0187. The number of hydrogen-bond acceptors (Lipinski definition) is 3. The molecule has 2 N–H and O–H groups in total. The van der Waals surface area contributed by atoms with Crippen molar-refractivity contribution >= 4 is 17.7 Å². The van der Waals surface area contributed by atoms with E-state index >= 15 is 0 Å². The zero-order valence-electron chi connectivity index (χ0n) is 10.9. The van der Waals surface area contributed by atoms with E-state index in [9.17, 15) is 4.79 Å². The maximum absolute atomic E-state index is 12.1. The van der Waals surface area contributed by atoms with E-state index in [-0.39, 0.29) is 11.8 Å². The summed E-state index contributed by atoms with van der Waals surface area (Å²) >= 11 is 1.77. The Kier molecular flexibility index (Phi) is 4.66. The van der Waals surface area contributed by atoms with Crippen molar-refractivity contribution in [2.75, 3.05) is 18.8 Å². The molecule has 3 nitrogen and oxygen atoms in total. The second-order valence-electron chi connectivity index (χ2n) is 4.80. The molecule has 18 heavy (non-hydrogen) atoms. The number of amides is 1. The molecule has 0 spiro atoms. The number of nitrogens with one attached hydrogen (secondary N) is 2. The van der Waals surface area contributed by atoms with Crippen LogP contribution in [-0.2, 0) is 4.79 Å². The average molecular weight is 264 g/mol. The van der Waals surface area contributed by atoms with E-state index in [1.54, 1.807) is 11.8 Å². The molecule has 1 atom stereocenters. The lowest BCUT2D eigenvalue weighted by molar-refractivity contribution is -0.122. The van der Waals surface area contributed by atoms with E-state index in [2.05, 4.69) is 36.6 Å². The number of fused-ring (bicyclic) bond motifs is 1. The van der Waals surface area contributed by atoms with Crippen molar-refractivity contribution in [3.63, 3.8) is 0 Å². The van der Waals surface area contributed by atoms with Gasteiger partial charge in [0, 0.05) is 29.8 Å². The molecule has 1 aliphatic heterocycles. The van der Waals surface area contributed by atoms with Crippen LogP contribution in [0.15, 0.2) is 29.2 Å². The van der Waals surface area contributed by atoms with Gasteiger partial charge in [0.25, 0.3) is 0 Å². The first-order valence-corrected chi connectivity index (χ1v) is 7.40. The summed E-state index contributed by atoms with van der Waals surface area (Å²) in [6.07, 6.45) is 0. The molecule has 1 aromatic rings. The second kappa shape index (κ2) is 6.25. The molecule has 4 heteroatoms. The molecular formula is C14H20N2OS. The fraction of sp³-hybridized carbons (Fsp3) is 0.500. The maximum atomic E-state index is 12.1. The van der Waals surface area contributed by atoms with E-state index < -0.39 is 0 Å². The van der Waals surface area contributed by atoms with Gasteiger partial charge in [0.2, 0.25) is 5.91 Å². The van der Waals surface area contributed by atoms with Gasteiger partial charge in [0.05, 0.1) is 5.92 Å². The van der Waals surface area contributed by atoms with Crippen LogP contribution in [0.25, 0.3) is 0 Å². The molecule has 1 heterocycles. The number of carbonyl (C=O) groups is 1. The van der Waals surface area contributed by atoms with Crippen LogP contribution in [0.1, 0.15) is 25.3 Å². The van der Waals surface area contributed by atoms with Gasteiger partial charge in [0.1, 0.15) is 0 Å². The Morgan fingerprint density at radius 3 is 2.94 bits per heavy atom. The number of carbonyl (C=O) groups excluding carboxylic acids is 1. The molecule has 0 fully saturated rings. The van der Waals surface area contributed by atoms with Crippen LogP contribution in [0.2, 0.25) is 0 Å². The Balaban J connectivity index is 1.84. The van der Waals surface area contributed by atoms with Gasteiger partial charge in [-0.3, -0.25) is 4.79 Å². The molecule has 1 aromatic carbocycles. The molecule has 1 aliphatic rings. The van der Waals surface area contributed by atoms with Gasteiger partial charge >= 0.3 is 0 Å². The first-order chi connectivity index (χ1) is 8.68. The van der Waals surface area contributed by atoms with Crippen molar-refractivity contribution in [2.45, 2.75) is 30.7 Å². The van der Waals surface area contributed by atoms with Gasteiger partial charge in [-0.2, -0.15) is 0 Å². The monoisotopic (exact) mass is 264 g/mol. The SMILES string of the molecule is CC(C)NCCNC(=O)C1CSc2ccccc21. The Labute approximate surface area is 113 Å². The molecule has 0 aromatic heterocycles. The average Bonchev–Trinajstić information content (AvgIpc) is 2.78. The Bertz CT molecular complexity index is 420. The molecule has 0 bridgehead atoms. The first-order valence-electron chi connectivity index (χ1n) is 6.41. The molecule has 0 saturated heterocycles. The summed E-state index contributed by atoms with van der Waals surface area (Å²) in [4.78, 5) is 13.3. The summed E-state index contributed by atoms with van der Waals surface area (Å²) in [5.74, 6) is 1.03. The molecule has 0 radical (unpaired) electrons. The summed E-state index contributed by atoms with van der Waals surface area (Å²) in [5, 5.41) is 6.30. The lowest BCUT2D eigenvalue weighted by atomic mass is 10.0. The summed E-state index contributed by atoms with van der Waals surface area (Å²) in [6.45, 7) is 5.72. The highest BCUT2D eigenvalue weighted by atomic mass is 32.2. The number of hydrogen-bond donors (Lipinski definition) is 2. The van der Waals surface area contributed by atoms with Crippen LogP contribution in [0.5, 0.6) is 0 Å². The highest BCUT2D eigenvalue weighted by Gasteiger charge is 2.28. The molecule has 2 rings (SSSR count). The van der Waals surface area contributed by atoms with E-state index in [1.807, 2.05) is 12.1 Å². The highest BCUT2D eigenvalue weighted by molar-refractivity contribution is 7.99. The summed E-state index contributed by atoms with van der Waals surface area (Å²) in [5.41, 5.74) is 1.18. The second-order valence-corrected chi connectivity index (χ2v) is 5.86. The van der Waals surface area contributed by atoms with Crippen LogP contribution < -0.4 is 10.6 Å². The first kappa shape index (κ1) is 13.4. The minimum absolute atomic E-state index is 0.0187. The van der Waals surface area contributed by atoms with Gasteiger partial charge in [-0.15, -0.1) is 11.8 Å². The Morgan fingerprint density at radius 2 is 2.17 bits per heavy atom. The van der Waals surface area contributed by atoms with Gasteiger partial charge in [-0.05, 0) is 11.6 Å². The normalized spacial score (nSPS) is 17.8. The van der Waals surface area contributed by atoms with E-state index in [1.165, 1.54) is 10.5 Å². The topological polar surface area (TPSA) is 41.1 Å². The minimum Gasteiger partial charge on any atom is -0.354 e. The quantitative estimate of drug-likeness (QED) is 0.799.